The standard InChI is InChI=1S/C23H20ClN3OS/c1-16-10-12-18(13-11-16)25-22(28)15-29-23-26-20-8-4-5-9-21(20)27(23)14-17-6-2-3-7-19(17)24/h2-13H,14-15H2,1H3,(H,25,28). The summed E-state index contributed by atoms with van der Waals surface area (Å²) in [6, 6.07) is 23.5. The number of amides is 1. The van der Waals surface area contributed by atoms with E-state index in [2.05, 4.69) is 9.88 Å². The van der Waals surface area contributed by atoms with E-state index < -0.39 is 0 Å². The predicted molar refractivity (Wildman–Crippen MR) is 121 cm³/mol. The maximum absolute atomic E-state index is 12.4. The lowest BCUT2D eigenvalue weighted by atomic mass is 10.2. The van der Waals surface area contributed by atoms with Crippen molar-refractivity contribution in [2.24, 2.45) is 0 Å². The third-order valence-electron chi connectivity index (χ3n) is 4.57. The van der Waals surface area contributed by atoms with Crippen LogP contribution in [0.2, 0.25) is 5.02 Å². The lowest BCUT2D eigenvalue weighted by molar-refractivity contribution is -0.113. The summed E-state index contributed by atoms with van der Waals surface area (Å²) < 4.78 is 2.11. The minimum Gasteiger partial charge on any atom is -0.325 e. The van der Waals surface area contributed by atoms with Crippen LogP contribution in [0.3, 0.4) is 0 Å². The van der Waals surface area contributed by atoms with Gasteiger partial charge in [-0.1, -0.05) is 71.4 Å². The third kappa shape index (κ3) is 4.63. The van der Waals surface area contributed by atoms with Gasteiger partial charge in [-0.25, -0.2) is 4.98 Å². The summed E-state index contributed by atoms with van der Waals surface area (Å²) in [5.41, 5.74) is 4.90. The fourth-order valence-corrected chi connectivity index (χ4v) is 4.09. The van der Waals surface area contributed by atoms with Crippen molar-refractivity contribution >= 4 is 46.0 Å². The molecule has 0 aliphatic rings. The molecular weight excluding hydrogens is 402 g/mol. The van der Waals surface area contributed by atoms with Crippen LogP contribution in [-0.4, -0.2) is 21.2 Å². The van der Waals surface area contributed by atoms with Gasteiger partial charge in [-0.15, -0.1) is 0 Å². The molecule has 0 saturated carbocycles. The highest BCUT2D eigenvalue weighted by atomic mass is 35.5. The van der Waals surface area contributed by atoms with E-state index in [-0.39, 0.29) is 11.7 Å². The van der Waals surface area contributed by atoms with Crippen molar-refractivity contribution in [2.75, 3.05) is 11.1 Å². The number of nitrogens with one attached hydrogen (secondary N) is 1. The number of halogens is 1. The van der Waals surface area contributed by atoms with E-state index in [1.165, 1.54) is 11.8 Å². The second-order valence-electron chi connectivity index (χ2n) is 6.76. The van der Waals surface area contributed by atoms with Crippen molar-refractivity contribution in [2.45, 2.75) is 18.6 Å². The van der Waals surface area contributed by atoms with E-state index in [1.54, 1.807) is 0 Å². The summed E-state index contributed by atoms with van der Waals surface area (Å²) in [7, 11) is 0. The number of carbonyl (C=O) groups excluding carboxylic acids is 1. The first-order valence-corrected chi connectivity index (χ1v) is 10.6. The normalized spacial score (nSPS) is 11.0. The zero-order valence-corrected chi connectivity index (χ0v) is 17.5. The van der Waals surface area contributed by atoms with Gasteiger partial charge in [0.05, 0.1) is 23.3 Å². The first-order valence-electron chi connectivity index (χ1n) is 9.28. The average molecular weight is 422 g/mol. The smallest absolute Gasteiger partial charge is 0.234 e. The number of para-hydroxylation sites is 2. The summed E-state index contributed by atoms with van der Waals surface area (Å²) in [4.78, 5) is 17.2. The number of aryl methyl sites for hydroxylation is 1. The van der Waals surface area contributed by atoms with Gasteiger partial charge in [0.2, 0.25) is 5.91 Å². The zero-order chi connectivity index (χ0) is 20.2. The van der Waals surface area contributed by atoms with Crippen LogP contribution in [0.5, 0.6) is 0 Å². The molecule has 146 valence electrons. The van der Waals surface area contributed by atoms with Crippen LogP contribution in [0.4, 0.5) is 5.69 Å². The molecule has 1 N–H and O–H groups in total. The number of carbonyl (C=O) groups is 1. The number of hydrogen-bond donors (Lipinski definition) is 1. The van der Waals surface area contributed by atoms with Crippen LogP contribution in [-0.2, 0) is 11.3 Å². The summed E-state index contributed by atoms with van der Waals surface area (Å²) in [5.74, 6) is 0.218. The molecule has 0 spiro atoms. The summed E-state index contributed by atoms with van der Waals surface area (Å²) in [6.45, 7) is 2.62. The molecule has 0 fully saturated rings. The van der Waals surface area contributed by atoms with Crippen LogP contribution < -0.4 is 5.32 Å². The molecule has 1 amide bonds. The van der Waals surface area contributed by atoms with E-state index in [0.717, 1.165) is 38.0 Å². The minimum atomic E-state index is -0.0600. The number of nitrogens with zero attached hydrogens (tertiary/aromatic N) is 2. The van der Waals surface area contributed by atoms with E-state index in [4.69, 9.17) is 16.6 Å². The number of imidazole rings is 1. The molecule has 1 aromatic heterocycles. The summed E-state index contributed by atoms with van der Waals surface area (Å²) in [6.07, 6.45) is 0. The number of benzene rings is 3. The monoisotopic (exact) mass is 421 g/mol. The van der Waals surface area contributed by atoms with E-state index in [9.17, 15) is 4.79 Å². The highest BCUT2D eigenvalue weighted by molar-refractivity contribution is 7.99. The molecule has 0 unspecified atom stereocenters. The van der Waals surface area contributed by atoms with Crippen LogP contribution >= 0.6 is 23.4 Å². The second kappa shape index (κ2) is 8.72. The largest absolute Gasteiger partial charge is 0.325 e. The highest BCUT2D eigenvalue weighted by Gasteiger charge is 2.14. The lowest BCUT2D eigenvalue weighted by Crippen LogP contribution is -2.14. The molecule has 4 rings (SSSR count). The Morgan fingerprint density at radius 2 is 1.76 bits per heavy atom. The Labute approximate surface area is 178 Å². The van der Waals surface area contributed by atoms with Crippen molar-refractivity contribution in [3.05, 3.63) is 88.9 Å². The quantitative estimate of drug-likeness (QED) is 0.401. The molecule has 0 saturated heterocycles. The second-order valence-corrected chi connectivity index (χ2v) is 8.11. The number of rotatable bonds is 6. The summed E-state index contributed by atoms with van der Waals surface area (Å²) in [5, 5.41) is 4.45. The molecule has 3 aromatic carbocycles. The molecule has 6 heteroatoms. The van der Waals surface area contributed by atoms with E-state index in [1.807, 2.05) is 79.7 Å². The zero-order valence-electron chi connectivity index (χ0n) is 15.9. The highest BCUT2D eigenvalue weighted by Crippen LogP contribution is 2.27. The average Bonchev–Trinajstić information content (AvgIpc) is 3.07. The maximum atomic E-state index is 12.4. The van der Waals surface area contributed by atoms with Gasteiger partial charge in [0.1, 0.15) is 0 Å². The maximum Gasteiger partial charge on any atom is 0.234 e. The number of thioether (sulfide) groups is 1. The van der Waals surface area contributed by atoms with Crippen LogP contribution in [0.25, 0.3) is 11.0 Å². The van der Waals surface area contributed by atoms with Gasteiger partial charge in [0.15, 0.2) is 5.16 Å². The Balaban J connectivity index is 1.54. The number of anilines is 1. The molecule has 0 aliphatic carbocycles. The van der Waals surface area contributed by atoms with Crippen molar-refractivity contribution in [1.29, 1.82) is 0 Å². The Morgan fingerprint density at radius 1 is 1.03 bits per heavy atom. The summed E-state index contributed by atoms with van der Waals surface area (Å²) >= 11 is 7.79. The molecule has 29 heavy (non-hydrogen) atoms. The topological polar surface area (TPSA) is 46.9 Å². The SMILES string of the molecule is Cc1ccc(NC(=O)CSc2nc3ccccc3n2Cc2ccccc2Cl)cc1. The van der Waals surface area contributed by atoms with Gasteiger partial charge >= 0.3 is 0 Å². The van der Waals surface area contributed by atoms with Crippen molar-refractivity contribution < 1.29 is 4.79 Å². The Kier molecular flexibility index (Phi) is 5.88. The van der Waals surface area contributed by atoms with Gasteiger partial charge in [0, 0.05) is 10.7 Å². The van der Waals surface area contributed by atoms with E-state index in [0.29, 0.717) is 6.54 Å². The molecular formula is C23H20ClN3OS. The van der Waals surface area contributed by atoms with Gasteiger partial charge < -0.3 is 9.88 Å². The molecule has 0 atom stereocenters. The van der Waals surface area contributed by atoms with Gasteiger partial charge in [-0.05, 0) is 42.8 Å². The number of aromatic nitrogens is 2. The fraction of sp³-hybridized carbons (Fsp3) is 0.130. The van der Waals surface area contributed by atoms with Crippen molar-refractivity contribution in [1.82, 2.24) is 9.55 Å². The molecule has 4 aromatic rings. The predicted octanol–water partition coefficient (Wildman–Crippen LogP) is 5.78. The van der Waals surface area contributed by atoms with Gasteiger partial charge in [0.25, 0.3) is 0 Å². The Bertz CT molecular complexity index is 1150. The number of fused-ring (bicyclic) bond motifs is 1. The van der Waals surface area contributed by atoms with Crippen molar-refractivity contribution in [3.63, 3.8) is 0 Å². The van der Waals surface area contributed by atoms with Gasteiger partial charge in [-0.3, -0.25) is 4.79 Å². The third-order valence-corrected chi connectivity index (χ3v) is 5.92. The molecule has 1 heterocycles. The van der Waals surface area contributed by atoms with E-state index >= 15 is 0 Å². The van der Waals surface area contributed by atoms with Crippen LogP contribution in [0, 0.1) is 6.92 Å². The first kappa shape index (κ1) is 19.6. The first-order chi connectivity index (χ1) is 14.1. The molecule has 0 bridgehead atoms. The Hall–Kier alpha value is -2.76. The number of hydrogen-bond acceptors (Lipinski definition) is 3. The fourth-order valence-electron chi connectivity index (χ4n) is 3.08. The van der Waals surface area contributed by atoms with Crippen LogP contribution in [0.15, 0.2) is 78.0 Å². The Morgan fingerprint density at radius 3 is 2.55 bits per heavy atom. The molecule has 4 nitrogen and oxygen atoms in total. The molecule has 0 radical (unpaired) electrons. The van der Waals surface area contributed by atoms with Crippen LogP contribution in [0.1, 0.15) is 11.1 Å². The lowest BCUT2D eigenvalue weighted by Gasteiger charge is -2.11. The molecule has 0 aliphatic heterocycles. The van der Waals surface area contributed by atoms with Gasteiger partial charge in [-0.2, -0.15) is 0 Å². The van der Waals surface area contributed by atoms with Crippen molar-refractivity contribution in [3.8, 4) is 0 Å². The minimum absolute atomic E-state index is 0.0600.